The molecule has 3 aromatic heterocycles. The van der Waals surface area contributed by atoms with Crippen LogP contribution in [0.1, 0.15) is 29.9 Å². The van der Waals surface area contributed by atoms with Gasteiger partial charge in [-0.25, -0.2) is 9.97 Å². The number of amides is 1. The molecule has 0 bridgehead atoms. The van der Waals surface area contributed by atoms with Gasteiger partial charge in [0.05, 0.1) is 30.7 Å². The number of aromatic nitrogens is 3. The summed E-state index contributed by atoms with van der Waals surface area (Å²) in [5.74, 6) is 1.28. The molecular weight excluding hydrogens is 332 g/mol. The topological polar surface area (TPSA) is 90.1 Å². The van der Waals surface area contributed by atoms with Crippen molar-refractivity contribution < 1.29 is 13.9 Å². The lowest BCUT2D eigenvalue weighted by atomic mass is 10.2. The molecule has 7 heteroatoms. The first-order valence-corrected chi connectivity index (χ1v) is 8.34. The minimum atomic E-state index is -0.246. The Bertz CT molecular complexity index is 845. The lowest BCUT2D eigenvalue weighted by molar-refractivity contribution is 0.0950. The van der Waals surface area contributed by atoms with Gasteiger partial charge in [0.15, 0.2) is 5.76 Å². The van der Waals surface area contributed by atoms with E-state index in [2.05, 4.69) is 34.1 Å². The first-order chi connectivity index (χ1) is 12.6. The first kappa shape index (κ1) is 17.6. The quantitative estimate of drug-likeness (QED) is 0.703. The molecule has 0 fully saturated rings. The van der Waals surface area contributed by atoms with Crippen LogP contribution in [0.15, 0.2) is 53.5 Å². The van der Waals surface area contributed by atoms with Crippen LogP contribution < -0.4 is 10.1 Å². The van der Waals surface area contributed by atoms with Crippen molar-refractivity contribution in [3.8, 4) is 17.3 Å². The van der Waals surface area contributed by atoms with E-state index in [0.717, 1.165) is 0 Å². The standard InChI is InChI=1S/C19H20N4O3/c1-13(2)12-26-17-6-5-14(10-22-17)19(24)23-11-15-18(21-8-7-20-15)16-4-3-9-25-16/h3-10,13H,11-12H2,1-2H3,(H,23,24). The number of furan rings is 1. The molecule has 3 heterocycles. The number of pyridine rings is 1. The van der Waals surface area contributed by atoms with Gasteiger partial charge in [0.2, 0.25) is 5.88 Å². The normalized spacial score (nSPS) is 10.7. The van der Waals surface area contributed by atoms with Crippen LogP contribution in [-0.2, 0) is 6.54 Å². The molecule has 0 unspecified atom stereocenters. The van der Waals surface area contributed by atoms with Crippen LogP contribution in [0.25, 0.3) is 11.5 Å². The van der Waals surface area contributed by atoms with Gasteiger partial charge in [-0.05, 0) is 24.1 Å². The maximum absolute atomic E-state index is 12.3. The number of hydrogen-bond acceptors (Lipinski definition) is 6. The van der Waals surface area contributed by atoms with Crippen LogP contribution in [0.3, 0.4) is 0 Å². The molecule has 0 radical (unpaired) electrons. The summed E-state index contributed by atoms with van der Waals surface area (Å²) in [6, 6.07) is 6.95. The molecule has 0 saturated heterocycles. The highest BCUT2D eigenvalue weighted by atomic mass is 16.5. The van der Waals surface area contributed by atoms with E-state index in [1.807, 2.05) is 0 Å². The zero-order valence-electron chi connectivity index (χ0n) is 14.7. The number of hydrogen-bond donors (Lipinski definition) is 1. The SMILES string of the molecule is CC(C)COc1ccc(C(=O)NCc2nccnc2-c2ccco2)cn1. The minimum Gasteiger partial charge on any atom is -0.477 e. The second kappa shape index (κ2) is 8.24. The highest BCUT2D eigenvalue weighted by molar-refractivity contribution is 5.93. The van der Waals surface area contributed by atoms with Crippen LogP contribution in [0.2, 0.25) is 0 Å². The lowest BCUT2D eigenvalue weighted by Gasteiger charge is -2.09. The maximum Gasteiger partial charge on any atom is 0.253 e. The minimum absolute atomic E-state index is 0.230. The Morgan fingerprint density at radius 3 is 2.73 bits per heavy atom. The van der Waals surface area contributed by atoms with Gasteiger partial charge in [-0.1, -0.05) is 13.8 Å². The van der Waals surface area contributed by atoms with Crippen molar-refractivity contribution in [2.45, 2.75) is 20.4 Å². The van der Waals surface area contributed by atoms with Crippen LogP contribution in [0.5, 0.6) is 5.88 Å². The van der Waals surface area contributed by atoms with Crippen molar-refractivity contribution in [3.63, 3.8) is 0 Å². The summed E-state index contributed by atoms with van der Waals surface area (Å²) in [4.78, 5) is 25.1. The van der Waals surface area contributed by atoms with E-state index in [4.69, 9.17) is 9.15 Å². The van der Waals surface area contributed by atoms with Gasteiger partial charge in [-0.2, -0.15) is 0 Å². The van der Waals surface area contributed by atoms with Gasteiger partial charge in [0, 0.05) is 24.7 Å². The predicted octanol–water partition coefficient (Wildman–Crippen LogP) is 3.10. The summed E-state index contributed by atoms with van der Waals surface area (Å²) in [5.41, 5.74) is 1.68. The molecule has 0 saturated carbocycles. The second-order valence-electron chi connectivity index (χ2n) is 6.10. The van der Waals surface area contributed by atoms with Crippen molar-refractivity contribution >= 4 is 5.91 Å². The molecular formula is C19H20N4O3. The third-order valence-corrected chi connectivity index (χ3v) is 3.51. The molecule has 0 atom stereocenters. The Hall–Kier alpha value is -3.22. The average molecular weight is 352 g/mol. The van der Waals surface area contributed by atoms with E-state index in [1.54, 1.807) is 42.9 Å². The predicted molar refractivity (Wildman–Crippen MR) is 95.5 cm³/mol. The number of ether oxygens (including phenoxy) is 1. The summed E-state index contributed by atoms with van der Waals surface area (Å²) in [7, 11) is 0. The van der Waals surface area contributed by atoms with Gasteiger partial charge in [-0.15, -0.1) is 0 Å². The summed E-state index contributed by atoms with van der Waals surface area (Å²) in [6.45, 7) is 4.94. The van der Waals surface area contributed by atoms with Crippen molar-refractivity contribution in [2.75, 3.05) is 6.61 Å². The first-order valence-electron chi connectivity index (χ1n) is 8.34. The molecule has 26 heavy (non-hydrogen) atoms. The third-order valence-electron chi connectivity index (χ3n) is 3.51. The van der Waals surface area contributed by atoms with Crippen molar-refractivity contribution in [3.05, 3.63) is 60.4 Å². The average Bonchev–Trinajstić information content (AvgIpc) is 3.19. The van der Waals surface area contributed by atoms with Crippen molar-refractivity contribution in [1.82, 2.24) is 20.3 Å². The van der Waals surface area contributed by atoms with Gasteiger partial charge in [0.25, 0.3) is 5.91 Å². The van der Waals surface area contributed by atoms with Gasteiger partial charge < -0.3 is 14.5 Å². The number of carbonyl (C=O) groups excluding carboxylic acids is 1. The molecule has 0 aliphatic heterocycles. The number of nitrogens with zero attached hydrogens (tertiary/aromatic N) is 3. The largest absolute Gasteiger partial charge is 0.477 e. The molecule has 1 amide bonds. The van der Waals surface area contributed by atoms with Gasteiger partial charge in [-0.3, -0.25) is 9.78 Å². The monoisotopic (exact) mass is 352 g/mol. The maximum atomic E-state index is 12.3. The van der Waals surface area contributed by atoms with E-state index in [0.29, 0.717) is 41.1 Å². The zero-order chi connectivity index (χ0) is 18.4. The van der Waals surface area contributed by atoms with E-state index in [9.17, 15) is 4.79 Å². The molecule has 3 aromatic rings. The van der Waals surface area contributed by atoms with E-state index < -0.39 is 0 Å². The Morgan fingerprint density at radius 1 is 1.19 bits per heavy atom. The Kier molecular flexibility index (Phi) is 5.58. The van der Waals surface area contributed by atoms with Gasteiger partial charge >= 0.3 is 0 Å². The summed E-state index contributed by atoms with van der Waals surface area (Å²) < 4.78 is 10.9. The molecule has 1 N–H and O–H groups in total. The van der Waals surface area contributed by atoms with E-state index >= 15 is 0 Å². The summed E-state index contributed by atoms with van der Waals surface area (Å²) in [5, 5.41) is 2.82. The number of rotatable bonds is 7. The van der Waals surface area contributed by atoms with Crippen LogP contribution in [0, 0.1) is 5.92 Å². The van der Waals surface area contributed by atoms with Crippen LogP contribution in [0.4, 0.5) is 0 Å². The third kappa shape index (κ3) is 4.44. The van der Waals surface area contributed by atoms with Crippen molar-refractivity contribution in [2.24, 2.45) is 5.92 Å². The molecule has 0 spiro atoms. The second-order valence-corrected chi connectivity index (χ2v) is 6.10. The highest BCUT2D eigenvalue weighted by Crippen LogP contribution is 2.19. The summed E-state index contributed by atoms with van der Waals surface area (Å²) >= 11 is 0. The Balaban J connectivity index is 1.63. The molecule has 3 rings (SSSR count). The van der Waals surface area contributed by atoms with Crippen molar-refractivity contribution in [1.29, 1.82) is 0 Å². The molecule has 134 valence electrons. The fourth-order valence-corrected chi connectivity index (χ4v) is 2.23. The lowest BCUT2D eigenvalue weighted by Crippen LogP contribution is -2.24. The number of nitrogens with one attached hydrogen (secondary N) is 1. The molecule has 0 aliphatic carbocycles. The molecule has 0 aromatic carbocycles. The fourth-order valence-electron chi connectivity index (χ4n) is 2.23. The number of carbonyl (C=O) groups is 1. The summed E-state index contributed by atoms with van der Waals surface area (Å²) in [6.07, 6.45) is 6.23. The molecule has 0 aliphatic rings. The van der Waals surface area contributed by atoms with E-state index in [1.165, 1.54) is 6.20 Å². The zero-order valence-corrected chi connectivity index (χ0v) is 14.7. The highest BCUT2D eigenvalue weighted by Gasteiger charge is 2.12. The Labute approximate surface area is 151 Å². The fraction of sp³-hybridized carbons (Fsp3) is 0.263. The smallest absolute Gasteiger partial charge is 0.253 e. The van der Waals surface area contributed by atoms with Crippen LogP contribution in [-0.4, -0.2) is 27.5 Å². The Morgan fingerprint density at radius 2 is 2.04 bits per heavy atom. The van der Waals surface area contributed by atoms with Gasteiger partial charge in [0.1, 0.15) is 5.69 Å². The molecule has 7 nitrogen and oxygen atoms in total. The van der Waals surface area contributed by atoms with Crippen LogP contribution >= 0.6 is 0 Å². The van der Waals surface area contributed by atoms with E-state index in [-0.39, 0.29) is 12.5 Å².